The van der Waals surface area contributed by atoms with Crippen LogP contribution in [0.3, 0.4) is 0 Å². The van der Waals surface area contributed by atoms with Gasteiger partial charge in [-0.3, -0.25) is 9.45 Å². The molecule has 27 heavy (non-hydrogen) atoms. The molecular formula is C20H30N2O3S2. The van der Waals surface area contributed by atoms with Gasteiger partial charge in [-0.25, -0.2) is 0 Å². The molecule has 1 saturated heterocycles. The van der Waals surface area contributed by atoms with Crippen LogP contribution in [0.4, 0.5) is 0 Å². The fourth-order valence-electron chi connectivity index (χ4n) is 4.80. The maximum absolute atomic E-state index is 9.19. The Hall–Kier alpha value is -1.02. The molecular weight excluding hydrogens is 380 g/mol. The van der Waals surface area contributed by atoms with Gasteiger partial charge >= 0.3 is 0 Å². The molecule has 4 rings (SSSR count). The first-order valence-electron chi connectivity index (χ1n) is 9.56. The van der Waals surface area contributed by atoms with Gasteiger partial charge in [-0.05, 0) is 60.9 Å². The minimum Gasteiger partial charge on any atom is -0.361 e. The average molecular weight is 411 g/mol. The average Bonchev–Trinajstić information content (AvgIpc) is 3.00. The van der Waals surface area contributed by atoms with E-state index in [9.17, 15) is 8.42 Å². The fraction of sp³-hybridized carbons (Fsp3) is 0.600. The van der Waals surface area contributed by atoms with Crippen LogP contribution >= 0.6 is 11.8 Å². The fourth-order valence-corrected chi connectivity index (χ4v) is 5.51. The van der Waals surface area contributed by atoms with Crippen molar-refractivity contribution < 1.29 is 13.0 Å². The summed E-state index contributed by atoms with van der Waals surface area (Å²) in [6.07, 6.45) is 9.08. The molecule has 1 aliphatic heterocycles. The van der Waals surface area contributed by atoms with Gasteiger partial charge in [-0.2, -0.15) is 20.2 Å². The molecule has 1 aromatic carbocycles. The second kappa shape index (κ2) is 8.55. The number of H-pyrrole nitrogens is 1. The van der Waals surface area contributed by atoms with Gasteiger partial charge in [0.05, 0.1) is 6.26 Å². The summed E-state index contributed by atoms with van der Waals surface area (Å²) in [5.41, 5.74) is 4.48. The van der Waals surface area contributed by atoms with E-state index in [4.69, 9.17) is 4.55 Å². The molecule has 0 spiro atoms. The summed E-state index contributed by atoms with van der Waals surface area (Å²) in [5.74, 6) is 2.88. The number of hydrogen-bond acceptors (Lipinski definition) is 4. The molecule has 2 aromatic rings. The predicted molar refractivity (Wildman–Crippen MR) is 114 cm³/mol. The summed E-state index contributed by atoms with van der Waals surface area (Å²) >= 11 is 2.01. The molecule has 3 atom stereocenters. The topological polar surface area (TPSA) is 73.4 Å². The Morgan fingerprint density at radius 2 is 2.11 bits per heavy atom. The Balaban J connectivity index is 0.000000376. The number of thioether (sulfide) groups is 1. The van der Waals surface area contributed by atoms with Gasteiger partial charge in [0.1, 0.15) is 0 Å². The molecule has 2 N–H and O–H groups in total. The smallest absolute Gasteiger partial charge is 0.261 e. The lowest BCUT2D eigenvalue weighted by Gasteiger charge is -2.47. The number of aromatic nitrogens is 1. The number of nitrogens with zero attached hydrogens (tertiary/aromatic N) is 1. The van der Waals surface area contributed by atoms with Gasteiger partial charge in [0.25, 0.3) is 10.1 Å². The predicted octanol–water partition coefficient (Wildman–Crippen LogP) is 3.78. The van der Waals surface area contributed by atoms with Crippen molar-refractivity contribution in [1.82, 2.24) is 9.88 Å². The normalized spacial score (nSPS) is 25.0. The summed E-state index contributed by atoms with van der Waals surface area (Å²) < 4.78 is 25.9. The third-order valence-electron chi connectivity index (χ3n) is 5.57. The Bertz CT molecular complexity index is 870. The van der Waals surface area contributed by atoms with Gasteiger partial charge in [0.15, 0.2) is 0 Å². The van der Waals surface area contributed by atoms with Crippen molar-refractivity contribution >= 4 is 32.8 Å². The molecule has 5 nitrogen and oxygen atoms in total. The Morgan fingerprint density at radius 3 is 2.78 bits per heavy atom. The molecule has 1 aromatic heterocycles. The van der Waals surface area contributed by atoms with Crippen molar-refractivity contribution in [2.45, 2.75) is 38.1 Å². The van der Waals surface area contributed by atoms with Crippen molar-refractivity contribution in [1.29, 1.82) is 0 Å². The monoisotopic (exact) mass is 410 g/mol. The molecule has 2 aliphatic rings. The van der Waals surface area contributed by atoms with Crippen LogP contribution in [0, 0.1) is 5.92 Å². The summed E-state index contributed by atoms with van der Waals surface area (Å²) in [5, 5.41) is 1.53. The molecule has 0 bridgehead atoms. The van der Waals surface area contributed by atoms with E-state index in [0.29, 0.717) is 12.3 Å². The molecule has 2 heterocycles. The largest absolute Gasteiger partial charge is 0.361 e. The highest BCUT2D eigenvalue weighted by molar-refractivity contribution is 7.98. The van der Waals surface area contributed by atoms with Crippen LogP contribution in [0.5, 0.6) is 0 Å². The highest BCUT2D eigenvalue weighted by atomic mass is 32.2. The first-order chi connectivity index (χ1) is 12.8. The van der Waals surface area contributed by atoms with E-state index in [1.165, 1.54) is 54.6 Å². The second-order valence-electron chi connectivity index (χ2n) is 7.75. The van der Waals surface area contributed by atoms with Crippen LogP contribution in [0.2, 0.25) is 0 Å². The van der Waals surface area contributed by atoms with Crippen LogP contribution in [-0.4, -0.2) is 60.3 Å². The molecule has 1 aliphatic carbocycles. The quantitative estimate of drug-likeness (QED) is 0.751. The van der Waals surface area contributed by atoms with Crippen molar-refractivity contribution in [2.24, 2.45) is 5.92 Å². The Kier molecular flexibility index (Phi) is 6.56. The van der Waals surface area contributed by atoms with E-state index >= 15 is 0 Å². The van der Waals surface area contributed by atoms with Crippen LogP contribution in [-0.2, 0) is 16.5 Å². The second-order valence-corrected chi connectivity index (χ2v) is 10.1. The lowest BCUT2D eigenvalue weighted by Crippen LogP contribution is -2.50. The summed E-state index contributed by atoms with van der Waals surface area (Å²) in [6.45, 7) is 4.87. The maximum Gasteiger partial charge on any atom is 0.261 e. The molecule has 150 valence electrons. The highest BCUT2D eigenvalue weighted by Crippen LogP contribution is 2.45. The number of fused-ring (bicyclic) bond motifs is 2. The van der Waals surface area contributed by atoms with Crippen molar-refractivity contribution in [2.75, 3.05) is 31.4 Å². The van der Waals surface area contributed by atoms with Crippen molar-refractivity contribution in [3.05, 3.63) is 35.5 Å². The maximum atomic E-state index is 9.19. The standard InChI is InChI=1S/C19H26N2S.CH4O3S/c1-3-7-21-11-13(12-22-2)8-16-15-5-4-6-17-19(15)14(10-20-17)9-18(16)21;1-5(2,3)4/h4-6,10,13,16,18,20H,3,7-9,11-12H2,1-2H3;1H3,(H,2,3,4)/t13-,16?,18-;/m1./s1. The Labute approximate surface area is 166 Å². The minimum atomic E-state index is -3.67. The number of likely N-dealkylation sites (tertiary alicyclic amines) is 1. The summed E-state index contributed by atoms with van der Waals surface area (Å²) in [7, 11) is -3.67. The molecule has 0 saturated carbocycles. The van der Waals surface area contributed by atoms with Gasteiger partial charge in [-0.1, -0.05) is 19.1 Å². The highest BCUT2D eigenvalue weighted by Gasteiger charge is 2.40. The number of hydrogen-bond donors (Lipinski definition) is 2. The number of rotatable bonds is 4. The number of benzene rings is 1. The molecule has 0 amide bonds. The minimum absolute atomic E-state index is 0.715. The van der Waals surface area contributed by atoms with Gasteiger partial charge in [0.2, 0.25) is 0 Å². The summed E-state index contributed by atoms with van der Waals surface area (Å²) in [4.78, 5) is 6.29. The zero-order valence-electron chi connectivity index (χ0n) is 16.3. The first-order valence-corrected chi connectivity index (χ1v) is 12.8. The SMILES string of the molecule is CCCN1C[C@H](CSC)CC2c3cccc4[nH]cc(c34)C[C@H]21.CS(=O)(=O)O. The molecule has 1 fully saturated rings. The molecule has 1 unspecified atom stereocenters. The van der Waals surface area contributed by atoms with E-state index in [2.05, 4.69) is 47.5 Å². The van der Waals surface area contributed by atoms with Crippen LogP contribution < -0.4 is 0 Å². The Morgan fingerprint density at radius 1 is 1.37 bits per heavy atom. The number of aromatic amines is 1. The van der Waals surface area contributed by atoms with Crippen LogP contribution in [0.1, 0.15) is 36.8 Å². The lowest BCUT2D eigenvalue weighted by atomic mass is 9.72. The van der Waals surface area contributed by atoms with E-state index in [0.717, 1.165) is 11.8 Å². The zero-order valence-corrected chi connectivity index (χ0v) is 17.9. The van der Waals surface area contributed by atoms with E-state index in [1.54, 1.807) is 5.56 Å². The van der Waals surface area contributed by atoms with Gasteiger partial charge in [0, 0.05) is 35.6 Å². The van der Waals surface area contributed by atoms with Crippen molar-refractivity contribution in [3.8, 4) is 0 Å². The van der Waals surface area contributed by atoms with Gasteiger partial charge in [-0.15, -0.1) is 0 Å². The van der Waals surface area contributed by atoms with Crippen LogP contribution in [0.25, 0.3) is 10.9 Å². The number of piperidine rings is 1. The first kappa shape index (κ1) is 20.7. The van der Waals surface area contributed by atoms with E-state index in [1.807, 2.05) is 11.8 Å². The third-order valence-corrected chi connectivity index (χ3v) is 6.38. The zero-order chi connectivity index (χ0) is 19.6. The summed E-state index contributed by atoms with van der Waals surface area (Å²) in [6, 6.07) is 7.58. The van der Waals surface area contributed by atoms with Crippen molar-refractivity contribution in [3.63, 3.8) is 0 Å². The van der Waals surface area contributed by atoms with Gasteiger partial charge < -0.3 is 4.98 Å². The lowest BCUT2D eigenvalue weighted by molar-refractivity contribution is 0.0926. The van der Waals surface area contributed by atoms with E-state index < -0.39 is 10.1 Å². The van der Waals surface area contributed by atoms with E-state index in [-0.39, 0.29) is 0 Å². The molecule has 7 heteroatoms. The number of nitrogens with one attached hydrogen (secondary N) is 1. The van der Waals surface area contributed by atoms with Crippen LogP contribution in [0.15, 0.2) is 24.4 Å². The molecule has 0 radical (unpaired) electrons. The third kappa shape index (κ3) is 4.88.